The lowest BCUT2D eigenvalue weighted by molar-refractivity contribution is -0.115. The third-order valence-electron chi connectivity index (χ3n) is 4.75. The molecule has 0 fully saturated rings. The molecule has 1 amide bonds. The van der Waals surface area contributed by atoms with Crippen LogP contribution in [0.25, 0.3) is 11.1 Å². The predicted octanol–water partition coefficient (Wildman–Crippen LogP) is 5.79. The van der Waals surface area contributed by atoms with Crippen LogP contribution in [0.3, 0.4) is 0 Å². The number of halogens is 1. The molecule has 1 aliphatic rings. The average Bonchev–Trinajstić information content (AvgIpc) is 2.79. The van der Waals surface area contributed by atoms with Gasteiger partial charge in [0.25, 0.3) is 0 Å². The first kappa shape index (κ1) is 18.4. The minimum atomic E-state index is -0.0831. The minimum Gasteiger partial charge on any atom is -0.324 e. The molecule has 5 heteroatoms. The molecule has 2 heterocycles. The summed E-state index contributed by atoms with van der Waals surface area (Å²) in [6, 6.07) is 15.9. The van der Waals surface area contributed by atoms with Gasteiger partial charge in [-0.15, -0.1) is 0 Å². The number of hydrogen-bond donors (Lipinski definition) is 1. The molecule has 0 radical (unpaired) electrons. The summed E-state index contributed by atoms with van der Waals surface area (Å²) in [6.45, 7) is 5.89. The minimum absolute atomic E-state index is 0.0831. The molecular formula is C23H20ClN3O. The van der Waals surface area contributed by atoms with Crippen LogP contribution in [-0.4, -0.2) is 16.6 Å². The number of hydrogen-bond acceptors (Lipinski definition) is 3. The Hall–Kier alpha value is -2.98. The Kier molecular flexibility index (Phi) is 4.73. The van der Waals surface area contributed by atoms with E-state index in [1.54, 1.807) is 6.07 Å². The number of carbonyl (C=O) groups excluding carboxylic acids is 1. The maximum atomic E-state index is 12.4. The molecular weight excluding hydrogens is 370 g/mol. The summed E-state index contributed by atoms with van der Waals surface area (Å²) in [4.78, 5) is 21.7. The van der Waals surface area contributed by atoms with Crippen LogP contribution >= 0.6 is 11.6 Å². The van der Waals surface area contributed by atoms with Crippen LogP contribution < -0.4 is 5.32 Å². The molecule has 140 valence electrons. The van der Waals surface area contributed by atoms with Crippen molar-refractivity contribution < 1.29 is 4.79 Å². The summed E-state index contributed by atoms with van der Waals surface area (Å²) in [5, 5.41) is 3.56. The Morgan fingerprint density at radius 1 is 0.929 bits per heavy atom. The molecule has 0 atom stereocenters. The van der Waals surface area contributed by atoms with Crippen molar-refractivity contribution in [2.45, 2.75) is 27.2 Å². The van der Waals surface area contributed by atoms with Crippen LogP contribution in [0.1, 0.15) is 28.9 Å². The molecule has 2 aromatic carbocycles. The van der Waals surface area contributed by atoms with E-state index in [0.29, 0.717) is 16.4 Å². The number of anilines is 1. The Morgan fingerprint density at radius 3 is 2.39 bits per heavy atom. The zero-order valence-corrected chi connectivity index (χ0v) is 16.8. The molecule has 0 bridgehead atoms. The number of rotatable bonds is 2. The fourth-order valence-electron chi connectivity index (χ4n) is 3.44. The van der Waals surface area contributed by atoms with Crippen molar-refractivity contribution in [3.63, 3.8) is 0 Å². The number of pyridine rings is 1. The second kappa shape index (κ2) is 7.21. The Bertz CT molecular complexity index is 1110. The highest BCUT2D eigenvalue weighted by Gasteiger charge is 2.18. The summed E-state index contributed by atoms with van der Waals surface area (Å²) in [5.41, 5.74) is 8.05. The van der Waals surface area contributed by atoms with E-state index in [4.69, 9.17) is 16.6 Å². The van der Waals surface area contributed by atoms with E-state index in [2.05, 4.69) is 34.6 Å². The van der Waals surface area contributed by atoms with Crippen molar-refractivity contribution in [1.29, 1.82) is 0 Å². The molecule has 4 nitrogen and oxygen atoms in total. The molecule has 0 unspecified atom stereocenters. The van der Waals surface area contributed by atoms with Gasteiger partial charge in [-0.3, -0.25) is 14.8 Å². The maximum Gasteiger partial charge on any atom is 0.230 e. The van der Waals surface area contributed by atoms with Crippen molar-refractivity contribution in [2.24, 2.45) is 4.99 Å². The fraction of sp³-hybridized carbons (Fsp3) is 0.174. The highest BCUT2D eigenvalue weighted by atomic mass is 35.5. The van der Waals surface area contributed by atoms with Gasteiger partial charge < -0.3 is 5.32 Å². The molecule has 0 saturated carbocycles. The first-order chi connectivity index (χ1) is 13.4. The molecule has 0 aliphatic carbocycles. The monoisotopic (exact) mass is 389 g/mol. The van der Waals surface area contributed by atoms with Crippen LogP contribution in [0.4, 0.5) is 11.4 Å². The summed E-state index contributed by atoms with van der Waals surface area (Å²) < 4.78 is 0. The van der Waals surface area contributed by atoms with E-state index in [-0.39, 0.29) is 12.3 Å². The van der Waals surface area contributed by atoms with Gasteiger partial charge >= 0.3 is 0 Å². The topological polar surface area (TPSA) is 54.4 Å². The van der Waals surface area contributed by atoms with Gasteiger partial charge in [-0.25, -0.2) is 0 Å². The normalized spacial score (nSPS) is 13.4. The molecule has 0 saturated heterocycles. The first-order valence-corrected chi connectivity index (χ1v) is 9.50. The van der Waals surface area contributed by atoms with E-state index in [0.717, 1.165) is 39.4 Å². The number of nitrogens with zero attached hydrogens (tertiary/aromatic N) is 2. The molecule has 1 N–H and O–H groups in total. The van der Waals surface area contributed by atoms with E-state index in [1.165, 1.54) is 0 Å². The number of aromatic nitrogens is 1. The van der Waals surface area contributed by atoms with Crippen molar-refractivity contribution in [2.75, 3.05) is 5.32 Å². The maximum absolute atomic E-state index is 12.4. The SMILES string of the molecule is Cc1cc(-c2cccc(C3=Nc4cc(Cl)c(C)cc4NC(=O)C3)c2)cc(C)n1. The smallest absolute Gasteiger partial charge is 0.230 e. The molecule has 4 rings (SSSR count). The zero-order chi connectivity index (χ0) is 19.8. The van der Waals surface area contributed by atoms with Gasteiger partial charge in [0, 0.05) is 16.4 Å². The second-order valence-corrected chi connectivity index (χ2v) is 7.53. The second-order valence-electron chi connectivity index (χ2n) is 7.12. The van der Waals surface area contributed by atoms with Crippen LogP contribution in [0.5, 0.6) is 0 Å². The standard InChI is InChI=1S/C23H20ClN3O/c1-13-7-21-22(11-19(13)24)26-20(12-23(28)27-21)17-6-4-5-16(10-17)18-8-14(2)25-15(3)9-18/h4-11H,12H2,1-3H3,(H,27,28). The first-order valence-electron chi connectivity index (χ1n) is 9.13. The van der Waals surface area contributed by atoms with Gasteiger partial charge in [0.1, 0.15) is 0 Å². The number of amides is 1. The lowest BCUT2D eigenvalue weighted by atomic mass is 9.99. The van der Waals surface area contributed by atoms with Crippen molar-refractivity contribution in [3.05, 3.63) is 76.1 Å². The van der Waals surface area contributed by atoms with Crippen LogP contribution in [-0.2, 0) is 4.79 Å². The van der Waals surface area contributed by atoms with Gasteiger partial charge in [-0.05, 0) is 73.4 Å². The van der Waals surface area contributed by atoms with E-state index in [9.17, 15) is 4.79 Å². The number of benzene rings is 2. The number of nitrogens with one attached hydrogen (secondary N) is 1. The number of aliphatic imine (C=N–C) groups is 1. The van der Waals surface area contributed by atoms with Crippen LogP contribution in [0, 0.1) is 20.8 Å². The molecule has 1 aliphatic heterocycles. The largest absolute Gasteiger partial charge is 0.324 e. The highest BCUT2D eigenvalue weighted by Crippen LogP contribution is 2.34. The third kappa shape index (κ3) is 3.69. The van der Waals surface area contributed by atoms with Crippen LogP contribution in [0.15, 0.2) is 53.5 Å². The lowest BCUT2D eigenvalue weighted by Gasteiger charge is -2.09. The summed E-state index contributed by atoms with van der Waals surface area (Å²) in [5.74, 6) is -0.0831. The Labute approximate surface area is 169 Å². The zero-order valence-electron chi connectivity index (χ0n) is 16.0. The summed E-state index contributed by atoms with van der Waals surface area (Å²) >= 11 is 6.28. The molecule has 3 aromatic rings. The highest BCUT2D eigenvalue weighted by molar-refractivity contribution is 6.32. The van der Waals surface area contributed by atoms with Crippen molar-refractivity contribution in [3.8, 4) is 11.1 Å². The van der Waals surface area contributed by atoms with Gasteiger partial charge in [-0.1, -0.05) is 29.8 Å². The Balaban J connectivity index is 1.80. The van der Waals surface area contributed by atoms with Gasteiger partial charge in [0.05, 0.1) is 23.5 Å². The molecule has 0 spiro atoms. The van der Waals surface area contributed by atoms with E-state index < -0.39 is 0 Å². The number of fused-ring (bicyclic) bond motifs is 1. The van der Waals surface area contributed by atoms with E-state index >= 15 is 0 Å². The van der Waals surface area contributed by atoms with Crippen LogP contribution in [0.2, 0.25) is 5.02 Å². The Morgan fingerprint density at radius 2 is 1.64 bits per heavy atom. The summed E-state index contributed by atoms with van der Waals surface area (Å²) in [6.07, 6.45) is 0.212. The third-order valence-corrected chi connectivity index (χ3v) is 5.15. The average molecular weight is 390 g/mol. The van der Waals surface area contributed by atoms with Gasteiger partial charge in [0.2, 0.25) is 5.91 Å². The fourth-order valence-corrected chi connectivity index (χ4v) is 3.60. The predicted molar refractivity (Wildman–Crippen MR) is 115 cm³/mol. The van der Waals surface area contributed by atoms with Crippen molar-refractivity contribution >= 4 is 34.6 Å². The van der Waals surface area contributed by atoms with Gasteiger partial charge in [0.15, 0.2) is 0 Å². The quantitative estimate of drug-likeness (QED) is 0.603. The van der Waals surface area contributed by atoms with E-state index in [1.807, 2.05) is 39.0 Å². The lowest BCUT2D eigenvalue weighted by Crippen LogP contribution is -2.15. The number of aryl methyl sites for hydroxylation is 3. The molecule has 1 aromatic heterocycles. The molecule has 28 heavy (non-hydrogen) atoms. The van der Waals surface area contributed by atoms with Crippen molar-refractivity contribution in [1.82, 2.24) is 4.98 Å². The van der Waals surface area contributed by atoms with Gasteiger partial charge in [-0.2, -0.15) is 0 Å². The summed E-state index contributed by atoms with van der Waals surface area (Å²) in [7, 11) is 0. The number of carbonyl (C=O) groups is 1.